The van der Waals surface area contributed by atoms with Crippen molar-refractivity contribution in [1.82, 2.24) is 0 Å². The van der Waals surface area contributed by atoms with Crippen LogP contribution in [0.2, 0.25) is 0 Å². The lowest BCUT2D eigenvalue weighted by atomic mass is 9.93. The van der Waals surface area contributed by atoms with Gasteiger partial charge in [0.25, 0.3) is 0 Å². The van der Waals surface area contributed by atoms with Gasteiger partial charge in [0.05, 0.1) is 5.38 Å². The molecule has 2 rings (SSSR count). The average Bonchev–Trinajstić information content (AvgIpc) is 2.29. The zero-order valence-corrected chi connectivity index (χ0v) is 11.5. The van der Waals surface area contributed by atoms with Crippen LogP contribution in [0.15, 0.2) is 35.9 Å². The molecule has 0 spiro atoms. The first kappa shape index (κ1) is 12.7. The topological polar surface area (TPSA) is 0 Å². The Bertz CT molecular complexity index is 386. The van der Waals surface area contributed by atoms with Crippen LogP contribution >= 0.6 is 11.6 Å². The first-order valence-corrected chi connectivity index (χ1v) is 7.01. The molecule has 0 aromatic heterocycles. The highest BCUT2D eigenvalue weighted by molar-refractivity contribution is 6.21. The molecule has 1 aromatic carbocycles. The lowest BCUT2D eigenvalue weighted by molar-refractivity contribution is 0.693. The molecule has 0 saturated carbocycles. The number of allylic oxidation sites excluding steroid dienone is 2. The number of hydrogen-bond donors (Lipinski definition) is 0. The molecular formula is C16H21Cl. The zero-order valence-electron chi connectivity index (χ0n) is 10.7. The van der Waals surface area contributed by atoms with E-state index in [4.69, 9.17) is 11.6 Å². The number of rotatable bonds is 3. The predicted molar refractivity (Wildman–Crippen MR) is 75.8 cm³/mol. The Balaban J connectivity index is 2.04. The highest BCUT2D eigenvalue weighted by Crippen LogP contribution is 2.25. The maximum absolute atomic E-state index is 6.17. The van der Waals surface area contributed by atoms with Gasteiger partial charge in [-0.3, -0.25) is 0 Å². The van der Waals surface area contributed by atoms with Crippen molar-refractivity contribution in [3.8, 4) is 0 Å². The SMILES string of the molecule is CC(C)c1ccc(CC2=CC(Cl)CCC2)cc1. The minimum absolute atomic E-state index is 0.258. The van der Waals surface area contributed by atoms with E-state index in [1.807, 2.05) is 0 Å². The predicted octanol–water partition coefficient (Wildman–Crippen LogP) is 5.07. The molecule has 0 bridgehead atoms. The molecule has 1 aliphatic carbocycles. The number of halogens is 1. The molecule has 17 heavy (non-hydrogen) atoms. The molecule has 1 aromatic rings. The number of alkyl halides is 1. The van der Waals surface area contributed by atoms with Crippen molar-refractivity contribution in [3.63, 3.8) is 0 Å². The lowest BCUT2D eigenvalue weighted by Crippen LogP contribution is -2.05. The number of benzene rings is 1. The fraction of sp³-hybridized carbons (Fsp3) is 0.500. The van der Waals surface area contributed by atoms with E-state index in [1.54, 1.807) is 0 Å². The van der Waals surface area contributed by atoms with Gasteiger partial charge in [-0.2, -0.15) is 0 Å². The lowest BCUT2D eigenvalue weighted by Gasteiger charge is -2.16. The summed E-state index contributed by atoms with van der Waals surface area (Å²) in [6.45, 7) is 4.47. The summed E-state index contributed by atoms with van der Waals surface area (Å²) in [5.74, 6) is 0.616. The van der Waals surface area contributed by atoms with Crippen molar-refractivity contribution in [2.24, 2.45) is 0 Å². The van der Waals surface area contributed by atoms with Crippen molar-refractivity contribution in [1.29, 1.82) is 0 Å². The van der Waals surface area contributed by atoms with Gasteiger partial charge in [0.15, 0.2) is 0 Å². The molecule has 0 aliphatic heterocycles. The summed E-state index contributed by atoms with van der Waals surface area (Å²) in [7, 11) is 0. The Morgan fingerprint density at radius 1 is 1.24 bits per heavy atom. The van der Waals surface area contributed by atoms with E-state index in [0.717, 1.165) is 12.8 Å². The third kappa shape index (κ3) is 3.61. The molecule has 1 aliphatic rings. The molecule has 0 saturated heterocycles. The Labute approximate surface area is 110 Å². The van der Waals surface area contributed by atoms with Crippen LogP contribution in [0.3, 0.4) is 0 Å². The Morgan fingerprint density at radius 3 is 2.53 bits per heavy atom. The summed E-state index contributed by atoms with van der Waals surface area (Å²) in [4.78, 5) is 0. The highest BCUT2D eigenvalue weighted by Gasteiger charge is 2.11. The van der Waals surface area contributed by atoms with Crippen molar-refractivity contribution < 1.29 is 0 Å². The largest absolute Gasteiger partial charge is 0.118 e. The average molecular weight is 249 g/mol. The highest BCUT2D eigenvalue weighted by atomic mass is 35.5. The Morgan fingerprint density at radius 2 is 1.94 bits per heavy atom. The Hall–Kier alpha value is -0.750. The van der Waals surface area contributed by atoms with Crippen LogP contribution in [0.5, 0.6) is 0 Å². The summed E-state index contributed by atoms with van der Waals surface area (Å²) in [6, 6.07) is 9.02. The second-order valence-electron chi connectivity index (χ2n) is 5.31. The normalized spacial score (nSPS) is 20.5. The molecule has 0 radical (unpaired) electrons. The van der Waals surface area contributed by atoms with E-state index >= 15 is 0 Å². The van der Waals surface area contributed by atoms with Gasteiger partial charge < -0.3 is 0 Å². The second kappa shape index (κ2) is 5.73. The van der Waals surface area contributed by atoms with Crippen LogP contribution in [-0.2, 0) is 6.42 Å². The van der Waals surface area contributed by atoms with Gasteiger partial charge >= 0.3 is 0 Å². The fourth-order valence-corrected chi connectivity index (χ4v) is 2.71. The standard InChI is InChI=1S/C16H21Cl/c1-12(2)15-8-6-13(7-9-15)10-14-4-3-5-16(17)11-14/h6-9,11-12,16H,3-5,10H2,1-2H3. The summed E-state index contributed by atoms with van der Waals surface area (Å²) in [5.41, 5.74) is 4.33. The number of hydrogen-bond acceptors (Lipinski definition) is 0. The summed E-state index contributed by atoms with van der Waals surface area (Å²) in [5, 5.41) is 0.258. The van der Waals surface area contributed by atoms with E-state index in [2.05, 4.69) is 44.2 Å². The van der Waals surface area contributed by atoms with Crippen LogP contribution in [0.25, 0.3) is 0 Å². The van der Waals surface area contributed by atoms with Crippen LogP contribution in [0.1, 0.15) is 50.2 Å². The van der Waals surface area contributed by atoms with Crippen LogP contribution in [0, 0.1) is 0 Å². The van der Waals surface area contributed by atoms with E-state index in [1.165, 1.54) is 29.5 Å². The molecule has 0 nitrogen and oxygen atoms in total. The third-order valence-electron chi connectivity index (χ3n) is 3.47. The minimum atomic E-state index is 0.258. The summed E-state index contributed by atoms with van der Waals surface area (Å²) in [6.07, 6.45) is 6.92. The Kier molecular flexibility index (Phi) is 4.28. The van der Waals surface area contributed by atoms with Gasteiger partial charge in [-0.05, 0) is 42.7 Å². The maximum Gasteiger partial charge on any atom is 0.0518 e. The van der Waals surface area contributed by atoms with Crippen LogP contribution < -0.4 is 0 Å². The zero-order chi connectivity index (χ0) is 12.3. The maximum atomic E-state index is 6.17. The van der Waals surface area contributed by atoms with Gasteiger partial charge in [0, 0.05) is 0 Å². The molecule has 92 valence electrons. The van der Waals surface area contributed by atoms with Crippen molar-refractivity contribution in [2.75, 3.05) is 0 Å². The summed E-state index contributed by atoms with van der Waals surface area (Å²) < 4.78 is 0. The molecule has 0 fully saturated rings. The second-order valence-corrected chi connectivity index (χ2v) is 5.87. The van der Waals surface area contributed by atoms with E-state index in [9.17, 15) is 0 Å². The van der Waals surface area contributed by atoms with Crippen molar-refractivity contribution in [2.45, 2.75) is 50.8 Å². The van der Waals surface area contributed by atoms with Crippen LogP contribution in [0.4, 0.5) is 0 Å². The monoisotopic (exact) mass is 248 g/mol. The van der Waals surface area contributed by atoms with Gasteiger partial charge in [-0.25, -0.2) is 0 Å². The first-order valence-electron chi connectivity index (χ1n) is 6.57. The molecule has 1 unspecified atom stereocenters. The van der Waals surface area contributed by atoms with E-state index in [-0.39, 0.29) is 5.38 Å². The molecule has 0 N–H and O–H groups in total. The van der Waals surface area contributed by atoms with Crippen molar-refractivity contribution in [3.05, 3.63) is 47.0 Å². The minimum Gasteiger partial charge on any atom is -0.118 e. The van der Waals surface area contributed by atoms with Gasteiger partial charge in [0.1, 0.15) is 0 Å². The van der Waals surface area contributed by atoms with Gasteiger partial charge in [0.2, 0.25) is 0 Å². The van der Waals surface area contributed by atoms with E-state index < -0.39 is 0 Å². The first-order chi connectivity index (χ1) is 8.15. The van der Waals surface area contributed by atoms with Crippen LogP contribution in [-0.4, -0.2) is 5.38 Å². The molecule has 0 heterocycles. The van der Waals surface area contributed by atoms with Gasteiger partial charge in [-0.15, -0.1) is 11.6 Å². The quantitative estimate of drug-likeness (QED) is 0.518. The molecular weight excluding hydrogens is 228 g/mol. The smallest absolute Gasteiger partial charge is 0.0518 e. The third-order valence-corrected chi connectivity index (χ3v) is 3.82. The molecule has 0 amide bonds. The van der Waals surface area contributed by atoms with Crippen molar-refractivity contribution >= 4 is 11.6 Å². The van der Waals surface area contributed by atoms with Gasteiger partial charge in [-0.1, -0.05) is 49.8 Å². The molecule has 1 heteroatoms. The fourth-order valence-electron chi connectivity index (χ4n) is 2.38. The molecule has 1 atom stereocenters. The summed E-state index contributed by atoms with van der Waals surface area (Å²) >= 11 is 6.17. The van der Waals surface area contributed by atoms with E-state index in [0.29, 0.717) is 5.92 Å².